The van der Waals surface area contributed by atoms with Gasteiger partial charge in [-0.15, -0.1) is 0 Å². The molecule has 0 atom stereocenters. The van der Waals surface area contributed by atoms with Crippen molar-refractivity contribution in [3.8, 4) is 0 Å². The van der Waals surface area contributed by atoms with Crippen molar-refractivity contribution in [1.82, 2.24) is 9.69 Å². The van der Waals surface area contributed by atoms with E-state index in [9.17, 15) is 4.79 Å². The lowest BCUT2D eigenvalue weighted by Gasteiger charge is -2.05. The van der Waals surface area contributed by atoms with Crippen molar-refractivity contribution < 1.29 is 9.53 Å². The first-order chi connectivity index (χ1) is 8.20. The number of hydrogen-bond acceptors (Lipinski definition) is 6. The summed E-state index contributed by atoms with van der Waals surface area (Å²) in [4.78, 5) is 11.6. The molecule has 0 bridgehead atoms. The van der Waals surface area contributed by atoms with Gasteiger partial charge in [-0.05, 0) is 24.4 Å². The fraction of sp³-hybridized carbons (Fsp3) is 0.600. The fourth-order valence-corrected chi connectivity index (χ4v) is 2.08. The Morgan fingerprint density at radius 3 is 2.94 bits per heavy atom. The van der Waals surface area contributed by atoms with E-state index < -0.39 is 0 Å². The molecule has 0 spiro atoms. The van der Waals surface area contributed by atoms with Gasteiger partial charge < -0.3 is 21.1 Å². The highest BCUT2D eigenvalue weighted by molar-refractivity contribution is 7.11. The lowest BCUT2D eigenvalue weighted by molar-refractivity contribution is 0.0965. The first-order valence-electron chi connectivity index (χ1n) is 5.40. The first kappa shape index (κ1) is 13.7. The van der Waals surface area contributed by atoms with Crippen molar-refractivity contribution in [3.63, 3.8) is 0 Å². The highest BCUT2D eigenvalue weighted by Gasteiger charge is 2.17. The molecule has 0 fully saturated rings. The Morgan fingerprint density at radius 2 is 2.29 bits per heavy atom. The molecule has 1 amide bonds. The van der Waals surface area contributed by atoms with Crippen LogP contribution in [0.4, 0.5) is 10.8 Å². The third-order valence-electron chi connectivity index (χ3n) is 2.23. The Morgan fingerprint density at radius 1 is 1.53 bits per heavy atom. The maximum Gasteiger partial charge on any atom is 0.257 e. The second-order valence-corrected chi connectivity index (χ2v) is 4.25. The summed E-state index contributed by atoms with van der Waals surface area (Å²) < 4.78 is 8.93. The van der Waals surface area contributed by atoms with Crippen LogP contribution in [0.15, 0.2) is 0 Å². The monoisotopic (exact) mass is 258 g/mol. The summed E-state index contributed by atoms with van der Waals surface area (Å²) >= 11 is 1.21. The average molecular weight is 258 g/mol. The van der Waals surface area contributed by atoms with Gasteiger partial charge in [0.15, 0.2) is 5.82 Å². The fourth-order valence-electron chi connectivity index (χ4n) is 1.34. The van der Waals surface area contributed by atoms with Crippen molar-refractivity contribution in [1.29, 1.82) is 0 Å². The number of hydrogen-bond donors (Lipinski definition) is 3. The van der Waals surface area contributed by atoms with E-state index in [1.165, 1.54) is 11.5 Å². The van der Waals surface area contributed by atoms with E-state index in [1.54, 1.807) is 14.2 Å². The molecule has 1 aromatic rings. The molecule has 1 aromatic heterocycles. The summed E-state index contributed by atoms with van der Waals surface area (Å²) in [5.74, 6) is 0.0596. The number of anilines is 2. The number of ether oxygens (including phenoxy) is 1. The number of nitrogens with zero attached hydrogens (tertiary/aromatic N) is 1. The summed E-state index contributed by atoms with van der Waals surface area (Å²) in [5, 5.41) is 6.44. The summed E-state index contributed by atoms with van der Waals surface area (Å²) in [6, 6.07) is 0. The van der Waals surface area contributed by atoms with Crippen LogP contribution in [0.1, 0.15) is 23.2 Å². The lowest BCUT2D eigenvalue weighted by Crippen LogP contribution is -2.20. The molecule has 1 rings (SSSR count). The van der Waals surface area contributed by atoms with E-state index in [-0.39, 0.29) is 11.7 Å². The number of carbonyl (C=O) groups excluding carboxylic acids is 1. The summed E-state index contributed by atoms with van der Waals surface area (Å²) in [6.45, 7) is 1.52. The number of nitrogen functional groups attached to an aromatic ring is 1. The second kappa shape index (κ2) is 7.08. The van der Waals surface area contributed by atoms with Crippen LogP contribution in [0.5, 0.6) is 0 Å². The predicted molar refractivity (Wildman–Crippen MR) is 69.5 cm³/mol. The van der Waals surface area contributed by atoms with Gasteiger partial charge >= 0.3 is 0 Å². The predicted octanol–water partition coefficient (Wildman–Crippen LogP) is 0.923. The molecular formula is C10H18N4O2S. The van der Waals surface area contributed by atoms with Gasteiger partial charge in [0.1, 0.15) is 10.6 Å². The van der Waals surface area contributed by atoms with E-state index >= 15 is 0 Å². The minimum atomic E-state index is -0.212. The quantitative estimate of drug-likeness (QED) is 0.633. The summed E-state index contributed by atoms with van der Waals surface area (Å²) in [5.41, 5.74) is 6.08. The molecule has 0 aliphatic heterocycles. The van der Waals surface area contributed by atoms with E-state index in [1.807, 2.05) is 0 Å². The average Bonchev–Trinajstić information content (AvgIpc) is 2.69. The minimum Gasteiger partial charge on any atom is -0.385 e. The maximum absolute atomic E-state index is 11.6. The number of aromatic nitrogens is 1. The summed E-state index contributed by atoms with van der Waals surface area (Å²) in [7, 11) is 3.25. The maximum atomic E-state index is 11.6. The van der Waals surface area contributed by atoms with Crippen molar-refractivity contribution in [2.45, 2.75) is 12.8 Å². The Labute approximate surface area is 105 Å². The van der Waals surface area contributed by atoms with Crippen molar-refractivity contribution in [3.05, 3.63) is 5.56 Å². The van der Waals surface area contributed by atoms with Crippen LogP contribution in [0.25, 0.3) is 0 Å². The third kappa shape index (κ3) is 3.86. The molecule has 6 nitrogen and oxygen atoms in total. The van der Waals surface area contributed by atoms with Crippen molar-refractivity contribution in [2.24, 2.45) is 0 Å². The zero-order valence-corrected chi connectivity index (χ0v) is 10.9. The Balaban J connectivity index is 2.50. The van der Waals surface area contributed by atoms with E-state index in [0.717, 1.165) is 31.0 Å². The van der Waals surface area contributed by atoms with Crippen molar-refractivity contribution >= 4 is 28.3 Å². The van der Waals surface area contributed by atoms with Gasteiger partial charge in [-0.2, -0.15) is 4.37 Å². The highest BCUT2D eigenvalue weighted by Crippen LogP contribution is 2.26. The molecule has 0 aromatic carbocycles. The highest BCUT2D eigenvalue weighted by atomic mass is 32.1. The van der Waals surface area contributed by atoms with Crippen molar-refractivity contribution in [2.75, 3.05) is 38.4 Å². The first-order valence-corrected chi connectivity index (χ1v) is 6.18. The molecule has 1 heterocycles. The van der Waals surface area contributed by atoms with Gasteiger partial charge in [-0.3, -0.25) is 4.79 Å². The zero-order chi connectivity index (χ0) is 12.7. The van der Waals surface area contributed by atoms with Gasteiger partial charge in [0.25, 0.3) is 5.91 Å². The van der Waals surface area contributed by atoms with Crippen LogP contribution in [0.3, 0.4) is 0 Å². The number of rotatable bonds is 7. The molecule has 17 heavy (non-hydrogen) atoms. The van der Waals surface area contributed by atoms with Crippen LogP contribution in [0.2, 0.25) is 0 Å². The number of carbonyl (C=O) groups is 1. The minimum absolute atomic E-state index is 0.212. The molecule has 0 radical (unpaired) electrons. The topological polar surface area (TPSA) is 89.3 Å². The molecule has 0 aliphatic rings. The standard InChI is InChI=1S/C10H18N4O2S/c1-12-9(15)7-8(11)14-17-10(7)13-5-3-4-6-16-2/h13H,3-6H2,1-2H3,(H2,11,14)(H,12,15). The van der Waals surface area contributed by atoms with E-state index in [4.69, 9.17) is 10.5 Å². The number of amides is 1. The molecule has 4 N–H and O–H groups in total. The molecule has 96 valence electrons. The van der Waals surface area contributed by atoms with Crippen LogP contribution >= 0.6 is 11.5 Å². The number of nitrogens with one attached hydrogen (secondary N) is 2. The second-order valence-electron chi connectivity index (χ2n) is 3.48. The number of nitrogens with two attached hydrogens (primary N) is 1. The molecule has 0 unspecified atom stereocenters. The molecule has 0 aliphatic carbocycles. The van der Waals surface area contributed by atoms with Gasteiger partial charge in [0, 0.05) is 27.3 Å². The Kier molecular flexibility index (Phi) is 5.71. The summed E-state index contributed by atoms with van der Waals surface area (Å²) in [6.07, 6.45) is 1.95. The largest absolute Gasteiger partial charge is 0.385 e. The molecule has 0 saturated carbocycles. The van der Waals surface area contributed by atoms with Crippen LogP contribution in [-0.2, 0) is 4.74 Å². The Bertz CT molecular complexity index is 367. The normalized spacial score (nSPS) is 10.2. The van der Waals surface area contributed by atoms with Crippen LogP contribution in [-0.4, -0.2) is 37.6 Å². The molecular weight excluding hydrogens is 240 g/mol. The Hall–Kier alpha value is -1.34. The van der Waals surface area contributed by atoms with Gasteiger partial charge in [-0.25, -0.2) is 0 Å². The van der Waals surface area contributed by atoms with Gasteiger partial charge in [-0.1, -0.05) is 0 Å². The van der Waals surface area contributed by atoms with Gasteiger partial charge in [0.2, 0.25) is 0 Å². The van der Waals surface area contributed by atoms with Crippen LogP contribution in [0, 0.1) is 0 Å². The zero-order valence-electron chi connectivity index (χ0n) is 10.1. The van der Waals surface area contributed by atoms with E-state index in [2.05, 4.69) is 15.0 Å². The SMILES string of the molecule is CNC(=O)c1c(N)nsc1NCCCCOC. The smallest absolute Gasteiger partial charge is 0.257 e. The lowest BCUT2D eigenvalue weighted by atomic mass is 10.2. The third-order valence-corrected chi connectivity index (χ3v) is 3.05. The number of methoxy groups -OCH3 is 1. The van der Waals surface area contributed by atoms with Crippen LogP contribution < -0.4 is 16.4 Å². The number of unbranched alkanes of at least 4 members (excludes halogenated alkanes) is 1. The van der Waals surface area contributed by atoms with Gasteiger partial charge in [0.05, 0.1) is 0 Å². The molecule has 7 heteroatoms. The van der Waals surface area contributed by atoms with E-state index in [0.29, 0.717) is 5.56 Å². The molecule has 0 saturated heterocycles.